The van der Waals surface area contributed by atoms with Crippen LogP contribution in [0.2, 0.25) is 0 Å². The number of anilines is 1. The highest BCUT2D eigenvalue weighted by molar-refractivity contribution is 6.01. The first kappa shape index (κ1) is 15.9. The van der Waals surface area contributed by atoms with E-state index in [1.165, 1.54) is 17.4 Å². The molecule has 1 aliphatic rings. The number of rotatable bonds is 6. The summed E-state index contributed by atoms with van der Waals surface area (Å²) in [6, 6.07) is 6.56. The molecule has 1 heterocycles. The van der Waals surface area contributed by atoms with E-state index in [2.05, 4.69) is 22.0 Å². The van der Waals surface area contributed by atoms with Crippen molar-refractivity contribution >= 4 is 17.5 Å². The molecule has 1 unspecified atom stereocenters. The molecule has 3 rings (SSSR count). The van der Waals surface area contributed by atoms with Crippen molar-refractivity contribution in [2.75, 3.05) is 11.9 Å². The van der Waals surface area contributed by atoms with Crippen molar-refractivity contribution in [2.24, 2.45) is 5.92 Å². The van der Waals surface area contributed by atoms with Crippen molar-refractivity contribution in [3.8, 4) is 0 Å². The number of hydrogen-bond acceptors (Lipinski definition) is 5. The van der Waals surface area contributed by atoms with Crippen LogP contribution in [-0.4, -0.2) is 29.0 Å². The van der Waals surface area contributed by atoms with Crippen molar-refractivity contribution in [1.29, 1.82) is 0 Å². The van der Waals surface area contributed by atoms with Crippen molar-refractivity contribution in [3.63, 3.8) is 0 Å². The lowest BCUT2D eigenvalue weighted by atomic mass is 10.1. The Morgan fingerprint density at radius 3 is 2.62 bits per heavy atom. The second-order valence-corrected chi connectivity index (χ2v) is 5.73. The van der Waals surface area contributed by atoms with Gasteiger partial charge in [0.05, 0.1) is 6.04 Å². The lowest BCUT2D eigenvalue weighted by molar-refractivity contribution is -0.113. The highest BCUT2D eigenvalue weighted by Gasteiger charge is 2.36. The molecule has 2 amide bonds. The van der Waals surface area contributed by atoms with Gasteiger partial charge in [-0.25, -0.2) is 0 Å². The smallest absolute Gasteiger partial charge is 0.251 e. The fraction of sp³-hybridized carbons (Fsp3) is 0.294. The van der Waals surface area contributed by atoms with Crippen LogP contribution >= 0.6 is 0 Å². The van der Waals surface area contributed by atoms with E-state index in [1.54, 1.807) is 31.3 Å². The summed E-state index contributed by atoms with van der Waals surface area (Å²) in [5.41, 5.74) is 1.20. The van der Waals surface area contributed by atoms with Gasteiger partial charge in [-0.15, -0.1) is 0 Å². The second-order valence-electron chi connectivity index (χ2n) is 5.73. The van der Waals surface area contributed by atoms with Gasteiger partial charge in [-0.05, 0) is 49.1 Å². The van der Waals surface area contributed by atoms with Gasteiger partial charge in [0.15, 0.2) is 5.82 Å². The summed E-state index contributed by atoms with van der Waals surface area (Å²) in [6.45, 7) is 3.46. The minimum Gasteiger partial charge on any atom is -0.343 e. The molecule has 7 nitrogen and oxygen atoms in total. The van der Waals surface area contributed by atoms with Gasteiger partial charge in [-0.3, -0.25) is 9.59 Å². The number of aromatic nitrogens is 2. The average molecular weight is 326 g/mol. The van der Waals surface area contributed by atoms with E-state index in [-0.39, 0.29) is 17.9 Å². The minimum absolute atomic E-state index is 0.207. The summed E-state index contributed by atoms with van der Waals surface area (Å²) in [6.07, 6.45) is 4.57. The average Bonchev–Trinajstić information content (AvgIpc) is 3.31. The lowest BCUT2D eigenvalue weighted by Gasteiger charge is -2.17. The van der Waals surface area contributed by atoms with Crippen molar-refractivity contribution in [1.82, 2.24) is 15.5 Å². The zero-order chi connectivity index (χ0) is 17.1. The Morgan fingerprint density at radius 2 is 2.08 bits per heavy atom. The topological polar surface area (TPSA) is 88.3 Å². The molecular formula is C17H18N4O3. The summed E-state index contributed by atoms with van der Waals surface area (Å²) < 4.78 is 4.78. The Hall–Kier alpha value is -2.96. The summed E-state index contributed by atoms with van der Waals surface area (Å²) in [5, 5.41) is 6.80. The summed E-state index contributed by atoms with van der Waals surface area (Å²) in [7, 11) is 1.65. The highest BCUT2D eigenvalue weighted by atomic mass is 16.5. The molecule has 0 aliphatic heterocycles. The van der Waals surface area contributed by atoms with Crippen LogP contribution in [-0.2, 0) is 4.79 Å². The zero-order valence-electron chi connectivity index (χ0n) is 13.3. The molecule has 1 saturated carbocycles. The van der Waals surface area contributed by atoms with E-state index in [0.29, 0.717) is 23.0 Å². The Labute approximate surface area is 139 Å². The zero-order valence-corrected chi connectivity index (χ0v) is 13.3. The van der Waals surface area contributed by atoms with Gasteiger partial charge in [0.1, 0.15) is 0 Å². The van der Waals surface area contributed by atoms with Gasteiger partial charge in [0.25, 0.3) is 5.91 Å². The SMILES string of the molecule is C=CC(=O)N(C)c1ccc(C(=O)NC(c2ncon2)C2CC2)cc1. The first-order valence-electron chi connectivity index (χ1n) is 7.67. The van der Waals surface area contributed by atoms with E-state index in [4.69, 9.17) is 4.52 Å². The predicted molar refractivity (Wildman–Crippen MR) is 87.3 cm³/mol. The van der Waals surface area contributed by atoms with Gasteiger partial charge in [0.2, 0.25) is 12.3 Å². The largest absolute Gasteiger partial charge is 0.343 e. The number of amides is 2. The van der Waals surface area contributed by atoms with E-state index >= 15 is 0 Å². The van der Waals surface area contributed by atoms with Gasteiger partial charge in [0, 0.05) is 18.3 Å². The van der Waals surface area contributed by atoms with Crippen molar-refractivity contribution in [3.05, 3.63) is 54.7 Å². The Morgan fingerprint density at radius 1 is 1.38 bits per heavy atom. The monoisotopic (exact) mass is 326 g/mol. The van der Waals surface area contributed by atoms with Crippen LogP contribution in [0.25, 0.3) is 0 Å². The number of carbonyl (C=O) groups excluding carboxylic acids is 2. The van der Waals surface area contributed by atoms with E-state index < -0.39 is 0 Å². The molecule has 0 radical (unpaired) electrons. The molecular weight excluding hydrogens is 308 g/mol. The molecule has 1 atom stereocenters. The molecule has 0 saturated heterocycles. The van der Waals surface area contributed by atoms with E-state index in [9.17, 15) is 9.59 Å². The first-order valence-corrected chi connectivity index (χ1v) is 7.67. The highest BCUT2D eigenvalue weighted by Crippen LogP contribution is 2.40. The van der Waals surface area contributed by atoms with Gasteiger partial charge >= 0.3 is 0 Å². The fourth-order valence-electron chi connectivity index (χ4n) is 2.46. The Balaban J connectivity index is 1.70. The van der Waals surface area contributed by atoms with Crippen LogP contribution in [0.4, 0.5) is 5.69 Å². The minimum atomic E-state index is -0.235. The normalized spacial score (nSPS) is 14.7. The third kappa shape index (κ3) is 3.34. The number of nitrogens with zero attached hydrogens (tertiary/aromatic N) is 3. The fourth-order valence-corrected chi connectivity index (χ4v) is 2.46. The van der Waals surface area contributed by atoms with E-state index in [1.807, 2.05) is 0 Å². The molecule has 124 valence electrons. The van der Waals surface area contributed by atoms with Gasteiger partial charge < -0.3 is 14.7 Å². The maximum Gasteiger partial charge on any atom is 0.251 e. The second kappa shape index (κ2) is 6.66. The molecule has 2 aromatic rings. The molecule has 1 N–H and O–H groups in total. The number of benzene rings is 1. The quantitative estimate of drug-likeness (QED) is 0.821. The molecule has 0 bridgehead atoms. The van der Waals surface area contributed by atoms with Crippen LogP contribution in [0.1, 0.15) is 35.1 Å². The third-order valence-corrected chi connectivity index (χ3v) is 4.06. The molecule has 1 fully saturated rings. The predicted octanol–water partition coefficient (Wildman–Crippen LogP) is 2.10. The van der Waals surface area contributed by atoms with Crippen LogP contribution in [0, 0.1) is 5.92 Å². The molecule has 24 heavy (non-hydrogen) atoms. The first-order chi connectivity index (χ1) is 11.6. The number of carbonyl (C=O) groups is 2. The molecule has 1 aromatic heterocycles. The van der Waals surface area contributed by atoms with Crippen LogP contribution in [0.3, 0.4) is 0 Å². The molecule has 0 spiro atoms. The Kier molecular flexibility index (Phi) is 4.41. The molecule has 7 heteroatoms. The van der Waals surface area contributed by atoms with Gasteiger partial charge in [-0.1, -0.05) is 11.7 Å². The summed E-state index contributed by atoms with van der Waals surface area (Å²) in [4.78, 5) is 29.6. The lowest BCUT2D eigenvalue weighted by Crippen LogP contribution is -2.30. The number of likely N-dealkylation sites (N-methyl/N-ethyl adjacent to an activating group) is 1. The Bertz CT molecular complexity index is 736. The summed E-state index contributed by atoms with van der Waals surface area (Å²) in [5.74, 6) is 0.431. The maximum absolute atomic E-state index is 12.5. The maximum atomic E-state index is 12.5. The third-order valence-electron chi connectivity index (χ3n) is 4.06. The van der Waals surface area contributed by atoms with Gasteiger partial charge in [-0.2, -0.15) is 4.98 Å². The number of nitrogens with one attached hydrogen (secondary N) is 1. The van der Waals surface area contributed by atoms with Crippen LogP contribution in [0.15, 0.2) is 47.8 Å². The number of hydrogen-bond donors (Lipinski definition) is 1. The van der Waals surface area contributed by atoms with E-state index in [0.717, 1.165) is 12.8 Å². The molecule has 1 aliphatic carbocycles. The van der Waals surface area contributed by atoms with Crippen molar-refractivity contribution in [2.45, 2.75) is 18.9 Å². The van der Waals surface area contributed by atoms with Crippen LogP contribution in [0.5, 0.6) is 0 Å². The summed E-state index contributed by atoms with van der Waals surface area (Å²) >= 11 is 0. The molecule has 1 aromatic carbocycles. The van der Waals surface area contributed by atoms with Crippen LogP contribution < -0.4 is 10.2 Å². The van der Waals surface area contributed by atoms with Crippen molar-refractivity contribution < 1.29 is 14.1 Å². The standard InChI is InChI=1S/C17H18N4O3/c1-3-14(22)21(2)13-8-6-12(7-9-13)17(23)19-15(11-4-5-11)16-18-10-24-20-16/h3,6-11,15H,1,4-5H2,2H3,(H,19,23).